The molecule has 17 heavy (non-hydrogen) atoms. The van der Waals surface area contributed by atoms with Crippen molar-refractivity contribution >= 4 is 11.6 Å². The second kappa shape index (κ2) is 7.03. The number of benzene rings is 1. The minimum atomic E-state index is 0.362. The van der Waals surface area contributed by atoms with Crippen molar-refractivity contribution < 1.29 is 0 Å². The lowest BCUT2D eigenvalue weighted by Gasteiger charge is -2.32. The van der Waals surface area contributed by atoms with Crippen LogP contribution in [0.1, 0.15) is 39.2 Å². The predicted octanol–water partition coefficient (Wildman–Crippen LogP) is 4.30. The van der Waals surface area contributed by atoms with Gasteiger partial charge in [0.25, 0.3) is 0 Å². The van der Waals surface area contributed by atoms with Gasteiger partial charge in [0.05, 0.1) is 0 Å². The average Bonchev–Trinajstić information content (AvgIpc) is 2.35. The maximum absolute atomic E-state index is 6.05. The van der Waals surface area contributed by atoms with Gasteiger partial charge in [-0.25, -0.2) is 0 Å². The number of rotatable bonds is 7. The molecule has 1 rings (SSSR count). The molecule has 1 N–H and O–H groups in total. The van der Waals surface area contributed by atoms with Gasteiger partial charge in [0.2, 0.25) is 0 Å². The van der Waals surface area contributed by atoms with E-state index < -0.39 is 0 Å². The van der Waals surface area contributed by atoms with Gasteiger partial charge >= 0.3 is 0 Å². The number of nitrogens with one attached hydrogen (secondary N) is 1. The fourth-order valence-electron chi connectivity index (χ4n) is 2.28. The van der Waals surface area contributed by atoms with Gasteiger partial charge in [-0.2, -0.15) is 0 Å². The molecule has 2 heteroatoms. The lowest BCUT2D eigenvalue weighted by Crippen LogP contribution is -2.35. The zero-order chi connectivity index (χ0) is 12.7. The molecular weight excluding hydrogens is 230 g/mol. The fraction of sp³-hybridized carbons (Fsp3) is 0.600. The van der Waals surface area contributed by atoms with E-state index in [0.29, 0.717) is 5.41 Å². The molecule has 0 aliphatic rings. The first-order chi connectivity index (χ1) is 8.15. The summed E-state index contributed by atoms with van der Waals surface area (Å²) in [5.74, 6) is 0. The number of halogens is 1. The van der Waals surface area contributed by atoms with Crippen LogP contribution < -0.4 is 5.32 Å². The third-order valence-corrected chi connectivity index (χ3v) is 3.95. The van der Waals surface area contributed by atoms with E-state index >= 15 is 0 Å². The van der Waals surface area contributed by atoms with Crippen molar-refractivity contribution in [1.82, 2.24) is 5.32 Å². The van der Waals surface area contributed by atoms with Crippen LogP contribution in [0.4, 0.5) is 0 Å². The van der Waals surface area contributed by atoms with E-state index in [1.54, 1.807) is 0 Å². The summed E-state index contributed by atoms with van der Waals surface area (Å²) in [6.07, 6.45) is 3.50. The second-order valence-corrected chi connectivity index (χ2v) is 5.23. The molecule has 0 aliphatic carbocycles. The monoisotopic (exact) mass is 253 g/mol. The number of hydrogen-bond acceptors (Lipinski definition) is 1. The second-order valence-electron chi connectivity index (χ2n) is 4.79. The Morgan fingerprint density at radius 3 is 2.41 bits per heavy atom. The minimum absolute atomic E-state index is 0.362. The van der Waals surface area contributed by atoms with Crippen molar-refractivity contribution in [2.45, 2.75) is 40.0 Å². The molecule has 0 aliphatic heterocycles. The van der Waals surface area contributed by atoms with Gasteiger partial charge in [-0.15, -0.1) is 0 Å². The minimum Gasteiger partial charge on any atom is -0.316 e. The molecule has 0 spiro atoms. The summed E-state index contributed by atoms with van der Waals surface area (Å²) in [6, 6.07) is 8.25. The third kappa shape index (κ3) is 4.33. The first-order valence-electron chi connectivity index (χ1n) is 6.61. The molecule has 96 valence electrons. The normalized spacial score (nSPS) is 11.8. The third-order valence-electron chi connectivity index (χ3n) is 3.72. The Balaban J connectivity index is 2.78. The van der Waals surface area contributed by atoms with Crippen LogP contribution in [0.15, 0.2) is 24.3 Å². The summed E-state index contributed by atoms with van der Waals surface area (Å²) >= 11 is 6.05. The molecule has 0 saturated carbocycles. The van der Waals surface area contributed by atoms with Crippen LogP contribution in [0, 0.1) is 5.41 Å². The van der Waals surface area contributed by atoms with Crippen LogP contribution >= 0.6 is 11.6 Å². The number of hydrogen-bond donors (Lipinski definition) is 1. The molecule has 0 amide bonds. The van der Waals surface area contributed by atoms with Crippen molar-refractivity contribution in [2.24, 2.45) is 5.41 Å². The maximum atomic E-state index is 6.05. The Hall–Kier alpha value is -0.530. The van der Waals surface area contributed by atoms with E-state index in [2.05, 4.69) is 38.2 Å². The molecule has 0 saturated heterocycles. The van der Waals surface area contributed by atoms with Gasteiger partial charge in [-0.3, -0.25) is 0 Å². The molecule has 0 heterocycles. The molecule has 0 unspecified atom stereocenters. The standard InChI is InChI=1S/C15H24ClN/c1-4-15(5-2,12-17-6-3)11-13-8-7-9-14(16)10-13/h7-10,17H,4-6,11-12H2,1-3H3. The Kier molecular flexibility index (Phi) is 6.01. The molecule has 0 fully saturated rings. The van der Waals surface area contributed by atoms with Crippen molar-refractivity contribution in [3.05, 3.63) is 34.9 Å². The first kappa shape index (κ1) is 14.5. The largest absolute Gasteiger partial charge is 0.316 e. The molecule has 1 aromatic rings. The lowest BCUT2D eigenvalue weighted by molar-refractivity contribution is 0.248. The lowest BCUT2D eigenvalue weighted by atomic mass is 9.77. The Labute approximate surface area is 111 Å². The summed E-state index contributed by atoms with van der Waals surface area (Å²) in [6.45, 7) is 8.85. The van der Waals surface area contributed by atoms with Crippen molar-refractivity contribution in [1.29, 1.82) is 0 Å². The smallest absolute Gasteiger partial charge is 0.0408 e. The molecule has 1 aromatic carbocycles. The summed E-state index contributed by atoms with van der Waals surface area (Å²) < 4.78 is 0. The highest BCUT2D eigenvalue weighted by atomic mass is 35.5. The summed E-state index contributed by atoms with van der Waals surface area (Å²) in [4.78, 5) is 0. The molecule has 0 bridgehead atoms. The molecular formula is C15H24ClN. The van der Waals surface area contributed by atoms with Gasteiger partial charge in [-0.1, -0.05) is 44.5 Å². The van der Waals surface area contributed by atoms with Crippen LogP contribution in [-0.2, 0) is 6.42 Å². The topological polar surface area (TPSA) is 12.0 Å². The van der Waals surface area contributed by atoms with Crippen molar-refractivity contribution in [2.75, 3.05) is 13.1 Å². The molecule has 1 nitrogen and oxygen atoms in total. The van der Waals surface area contributed by atoms with Crippen LogP contribution in [0.5, 0.6) is 0 Å². The fourth-order valence-corrected chi connectivity index (χ4v) is 2.50. The SMILES string of the molecule is CCNCC(CC)(CC)Cc1cccc(Cl)c1. The zero-order valence-electron chi connectivity index (χ0n) is 11.2. The van der Waals surface area contributed by atoms with E-state index in [9.17, 15) is 0 Å². The van der Waals surface area contributed by atoms with Crippen LogP contribution in [-0.4, -0.2) is 13.1 Å². The van der Waals surface area contributed by atoms with E-state index in [4.69, 9.17) is 11.6 Å². The van der Waals surface area contributed by atoms with Crippen molar-refractivity contribution in [3.8, 4) is 0 Å². The Morgan fingerprint density at radius 1 is 1.18 bits per heavy atom. The predicted molar refractivity (Wildman–Crippen MR) is 76.7 cm³/mol. The van der Waals surface area contributed by atoms with Gasteiger partial charge in [0, 0.05) is 11.6 Å². The van der Waals surface area contributed by atoms with Gasteiger partial charge in [0.15, 0.2) is 0 Å². The average molecular weight is 254 g/mol. The zero-order valence-corrected chi connectivity index (χ0v) is 12.0. The Morgan fingerprint density at radius 2 is 1.88 bits per heavy atom. The summed E-state index contributed by atoms with van der Waals surface area (Å²) in [7, 11) is 0. The molecule has 0 radical (unpaired) electrons. The van der Waals surface area contributed by atoms with Crippen LogP contribution in [0.2, 0.25) is 5.02 Å². The maximum Gasteiger partial charge on any atom is 0.0408 e. The summed E-state index contributed by atoms with van der Waals surface area (Å²) in [5.41, 5.74) is 1.71. The van der Waals surface area contributed by atoms with Crippen molar-refractivity contribution in [3.63, 3.8) is 0 Å². The highest BCUT2D eigenvalue weighted by Crippen LogP contribution is 2.31. The van der Waals surface area contributed by atoms with Crippen LogP contribution in [0.25, 0.3) is 0 Å². The van der Waals surface area contributed by atoms with Gasteiger partial charge in [0.1, 0.15) is 0 Å². The van der Waals surface area contributed by atoms with E-state index in [-0.39, 0.29) is 0 Å². The highest BCUT2D eigenvalue weighted by molar-refractivity contribution is 6.30. The van der Waals surface area contributed by atoms with E-state index in [1.807, 2.05) is 12.1 Å². The quantitative estimate of drug-likeness (QED) is 0.764. The Bertz CT molecular complexity index is 331. The highest BCUT2D eigenvalue weighted by Gasteiger charge is 2.25. The summed E-state index contributed by atoms with van der Waals surface area (Å²) in [5, 5.41) is 4.33. The molecule has 0 aromatic heterocycles. The first-order valence-corrected chi connectivity index (χ1v) is 6.98. The van der Waals surface area contributed by atoms with E-state index in [1.165, 1.54) is 18.4 Å². The van der Waals surface area contributed by atoms with Gasteiger partial charge < -0.3 is 5.32 Å². The van der Waals surface area contributed by atoms with E-state index in [0.717, 1.165) is 24.5 Å². The van der Waals surface area contributed by atoms with Crippen LogP contribution in [0.3, 0.4) is 0 Å². The molecule has 0 atom stereocenters. The van der Waals surface area contributed by atoms with Gasteiger partial charge in [-0.05, 0) is 48.9 Å².